The highest BCUT2D eigenvalue weighted by molar-refractivity contribution is 6.07. The minimum Gasteiger partial charge on any atom is -0.497 e. The molecule has 0 aliphatic heterocycles. The zero-order chi connectivity index (χ0) is 21.1. The summed E-state index contributed by atoms with van der Waals surface area (Å²) in [5.41, 5.74) is 3.43. The third-order valence-electron chi connectivity index (χ3n) is 4.80. The number of nitrogens with one attached hydrogen (secondary N) is 2. The maximum Gasteiger partial charge on any atom is 0.411 e. The van der Waals surface area contributed by atoms with Crippen LogP contribution in [0.4, 0.5) is 16.2 Å². The van der Waals surface area contributed by atoms with Gasteiger partial charge < -0.3 is 19.9 Å². The zero-order valence-corrected chi connectivity index (χ0v) is 16.5. The van der Waals surface area contributed by atoms with Crippen molar-refractivity contribution in [1.29, 1.82) is 0 Å². The summed E-state index contributed by atoms with van der Waals surface area (Å²) in [6.45, 7) is 0. The molecule has 0 saturated carbocycles. The van der Waals surface area contributed by atoms with Crippen molar-refractivity contribution < 1.29 is 19.4 Å². The molecule has 7 heteroatoms. The average molecular weight is 403 g/mol. The summed E-state index contributed by atoms with van der Waals surface area (Å²) in [6, 6.07) is 20.3. The van der Waals surface area contributed by atoms with Crippen molar-refractivity contribution in [3.63, 3.8) is 0 Å². The SMILES string of the molecule is COC(=O)Nc1cccc(C(O)Nc2c3ccccc3nc3cc(OC)ccc23)c1. The van der Waals surface area contributed by atoms with E-state index in [9.17, 15) is 9.90 Å². The summed E-state index contributed by atoms with van der Waals surface area (Å²) in [4.78, 5) is 16.2. The number of rotatable bonds is 5. The fraction of sp³-hybridized carbons (Fsp3) is 0.130. The molecule has 1 unspecified atom stereocenters. The summed E-state index contributed by atoms with van der Waals surface area (Å²) in [5, 5.41) is 18.5. The maximum atomic E-state index is 11.5. The summed E-state index contributed by atoms with van der Waals surface area (Å²) in [6.07, 6.45) is -1.59. The molecule has 0 aliphatic carbocycles. The minimum atomic E-state index is -1.01. The standard InChI is InChI=1S/C23H21N3O4/c1-29-16-10-11-18-20(13-16)25-19-9-4-3-8-17(19)21(18)26-22(27)14-6-5-7-15(12-14)24-23(28)30-2/h3-13,22,27H,1-2H3,(H,24,28)(H,25,26). The van der Waals surface area contributed by atoms with E-state index in [1.54, 1.807) is 31.4 Å². The fourth-order valence-electron chi connectivity index (χ4n) is 3.33. The Morgan fingerprint density at radius 2 is 1.77 bits per heavy atom. The van der Waals surface area contributed by atoms with Crippen LogP contribution in [-0.2, 0) is 4.74 Å². The largest absolute Gasteiger partial charge is 0.497 e. The van der Waals surface area contributed by atoms with Crippen LogP contribution in [0.1, 0.15) is 11.8 Å². The number of carbonyl (C=O) groups excluding carboxylic acids is 1. The van der Waals surface area contributed by atoms with Crippen molar-refractivity contribution >= 4 is 39.3 Å². The Morgan fingerprint density at radius 3 is 2.57 bits per heavy atom. The molecule has 1 amide bonds. The van der Waals surface area contributed by atoms with E-state index in [1.807, 2.05) is 42.5 Å². The zero-order valence-electron chi connectivity index (χ0n) is 16.5. The number of anilines is 2. The monoisotopic (exact) mass is 403 g/mol. The summed E-state index contributed by atoms with van der Waals surface area (Å²) in [5.74, 6) is 0.707. The van der Waals surface area contributed by atoms with Crippen LogP contribution in [0.25, 0.3) is 21.8 Å². The number of hydrogen-bond donors (Lipinski definition) is 3. The third-order valence-corrected chi connectivity index (χ3v) is 4.80. The van der Waals surface area contributed by atoms with Crippen molar-refractivity contribution in [3.05, 3.63) is 72.3 Å². The summed E-state index contributed by atoms with van der Waals surface area (Å²) >= 11 is 0. The van der Waals surface area contributed by atoms with Gasteiger partial charge in [-0.15, -0.1) is 0 Å². The van der Waals surface area contributed by atoms with Crippen LogP contribution >= 0.6 is 0 Å². The lowest BCUT2D eigenvalue weighted by atomic mass is 10.1. The first kappa shape index (κ1) is 19.5. The van der Waals surface area contributed by atoms with Crippen molar-refractivity contribution in [2.75, 3.05) is 24.9 Å². The van der Waals surface area contributed by atoms with Crippen LogP contribution in [-0.4, -0.2) is 30.4 Å². The van der Waals surface area contributed by atoms with E-state index in [0.29, 0.717) is 17.0 Å². The molecule has 4 rings (SSSR count). The first-order valence-electron chi connectivity index (χ1n) is 9.35. The maximum absolute atomic E-state index is 11.5. The van der Waals surface area contributed by atoms with Gasteiger partial charge in [-0.1, -0.05) is 30.3 Å². The molecule has 0 radical (unpaired) electrons. The van der Waals surface area contributed by atoms with Gasteiger partial charge in [0.05, 0.1) is 30.9 Å². The fourth-order valence-corrected chi connectivity index (χ4v) is 3.33. The quantitative estimate of drug-likeness (QED) is 0.331. The molecular weight excluding hydrogens is 382 g/mol. The summed E-state index contributed by atoms with van der Waals surface area (Å²) < 4.78 is 9.94. The number of aromatic nitrogens is 1. The normalized spacial score (nSPS) is 11.8. The van der Waals surface area contributed by atoms with Crippen molar-refractivity contribution in [3.8, 4) is 5.75 Å². The van der Waals surface area contributed by atoms with Gasteiger partial charge in [-0.3, -0.25) is 5.32 Å². The van der Waals surface area contributed by atoms with Gasteiger partial charge in [-0.2, -0.15) is 0 Å². The van der Waals surface area contributed by atoms with E-state index < -0.39 is 12.3 Å². The molecular formula is C23H21N3O4. The van der Waals surface area contributed by atoms with E-state index in [2.05, 4.69) is 15.4 Å². The minimum absolute atomic E-state index is 0.523. The number of aliphatic hydroxyl groups excluding tert-OH is 1. The third kappa shape index (κ3) is 3.83. The number of hydrogen-bond acceptors (Lipinski definition) is 6. The van der Waals surface area contributed by atoms with E-state index in [1.165, 1.54) is 7.11 Å². The van der Waals surface area contributed by atoms with Gasteiger partial charge in [0, 0.05) is 28.1 Å². The van der Waals surface area contributed by atoms with Crippen LogP contribution < -0.4 is 15.4 Å². The molecule has 4 aromatic rings. The number of carbonyl (C=O) groups is 1. The van der Waals surface area contributed by atoms with Crippen LogP contribution in [0.15, 0.2) is 66.7 Å². The smallest absolute Gasteiger partial charge is 0.411 e. The van der Waals surface area contributed by atoms with Crippen LogP contribution in [0.2, 0.25) is 0 Å². The highest BCUT2D eigenvalue weighted by Crippen LogP contribution is 2.34. The second-order valence-electron chi connectivity index (χ2n) is 6.68. The second-order valence-corrected chi connectivity index (χ2v) is 6.68. The Hall–Kier alpha value is -3.84. The van der Waals surface area contributed by atoms with Crippen LogP contribution in [0.3, 0.4) is 0 Å². The Bertz CT molecular complexity index is 1230. The molecule has 0 aliphatic rings. The number of methoxy groups -OCH3 is 2. The number of nitrogens with zero attached hydrogens (tertiary/aromatic N) is 1. The Balaban J connectivity index is 1.75. The van der Waals surface area contributed by atoms with Gasteiger partial charge in [0.1, 0.15) is 5.75 Å². The molecule has 1 aromatic heterocycles. The lowest BCUT2D eigenvalue weighted by Crippen LogP contribution is -2.13. The Labute approximate surface area is 173 Å². The Kier molecular flexibility index (Phi) is 5.36. The molecule has 0 spiro atoms. The number of para-hydroxylation sites is 1. The molecule has 0 saturated heterocycles. The van der Waals surface area contributed by atoms with Crippen molar-refractivity contribution in [2.45, 2.75) is 6.23 Å². The topological polar surface area (TPSA) is 92.7 Å². The predicted molar refractivity (Wildman–Crippen MR) is 117 cm³/mol. The Morgan fingerprint density at radius 1 is 0.967 bits per heavy atom. The van der Waals surface area contributed by atoms with Crippen molar-refractivity contribution in [1.82, 2.24) is 4.98 Å². The molecule has 0 bridgehead atoms. The lowest BCUT2D eigenvalue weighted by molar-refractivity contribution is 0.187. The predicted octanol–water partition coefficient (Wildman–Crippen LogP) is 4.68. The number of aliphatic hydroxyl groups is 1. The van der Waals surface area contributed by atoms with Crippen molar-refractivity contribution in [2.24, 2.45) is 0 Å². The van der Waals surface area contributed by atoms with E-state index >= 15 is 0 Å². The summed E-state index contributed by atoms with van der Waals surface area (Å²) in [7, 11) is 2.91. The molecule has 3 aromatic carbocycles. The first-order valence-corrected chi connectivity index (χ1v) is 9.35. The van der Waals surface area contributed by atoms with Gasteiger partial charge in [-0.05, 0) is 30.3 Å². The van der Waals surface area contributed by atoms with Crippen LogP contribution in [0.5, 0.6) is 5.75 Å². The number of ether oxygens (including phenoxy) is 2. The molecule has 7 nitrogen and oxygen atoms in total. The van der Waals surface area contributed by atoms with Gasteiger partial charge in [0.15, 0.2) is 6.23 Å². The van der Waals surface area contributed by atoms with Crippen LogP contribution in [0, 0.1) is 0 Å². The first-order chi connectivity index (χ1) is 14.6. The van der Waals surface area contributed by atoms with Gasteiger partial charge in [0.25, 0.3) is 0 Å². The van der Waals surface area contributed by atoms with E-state index in [4.69, 9.17) is 9.72 Å². The van der Waals surface area contributed by atoms with Gasteiger partial charge in [0.2, 0.25) is 0 Å². The molecule has 152 valence electrons. The molecule has 0 fully saturated rings. The average Bonchev–Trinajstić information content (AvgIpc) is 2.78. The molecule has 1 atom stereocenters. The number of amides is 1. The van der Waals surface area contributed by atoms with E-state index in [-0.39, 0.29) is 0 Å². The second kappa shape index (κ2) is 8.26. The highest BCUT2D eigenvalue weighted by atomic mass is 16.5. The molecule has 3 N–H and O–H groups in total. The van der Waals surface area contributed by atoms with Gasteiger partial charge >= 0.3 is 6.09 Å². The number of benzene rings is 3. The highest BCUT2D eigenvalue weighted by Gasteiger charge is 2.15. The number of fused-ring (bicyclic) bond motifs is 2. The molecule has 30 heavy (non-hydrogen) atoms. The molecule has 1 heterocycles. The number of pyridine rings is 1. The van der Waals surface area contributed by atoms with E-state index in [0.717, 1.165) is 27.5 Å². The lowest BCUT2D eigenvalue weighted by Gasteiger charge is -2.19. The van der Waals surface area contributed by atoms with Gasteiger partial charge in [-0.25, -0.2) is 9.78 Å².